The maximum Gasteiger partial charge on any atom is 0.234 e. The van der Waals surface area contributed by atoms with Crippen LogP contribution in [0.5, 0.6) is 0 Å². The molecule has 0 radical (unpaired) electrons. The van der Waals surface area contributed by atoms with Crippen LogP contribution < -0.4 is 10.6 Å². The highest BCUT2D eigenvalue weighted by Gasteiger charge is 2.24. The zero-order valence-corrected chi connectivity index (χ0v) is 12.4. The van der Waals surface area contributed by atoms with E-state index in [2.05, 4.69) is 17.6 Å². The van der Waals surface area contributed by atoms with Crippen LogP contribution in [0.2, 0.25) is 0 Å². The summed E-state index contributed by atoms with van der Waals surface area (Å²) in [6, 6.07) is 0.965. The maximum absolute atomic E-state index is 12.0. The summed E-state index contributed by atoms with van der Waals surface area (Å²) < 4.78 is 0. The predicted molar refractivity (Wildman–Crippen MR) is 79.1 cm³/mol. The molecular formula is C16H30N2O. The molecule has 2 N–H and O–H groups in total. The summed E-state index contributed by atoms with van der Waals surface area (Å²) in [6.45, 7) is 2.71. The van der Waals surface area contributed by atoms with Gasteiger partial charge in [-0.25, -0.2) is 0 Å². The van der Waals surface area contributed by atoms with E-state index in [-0.39, 0.29) is 5.91 Å². The average Bonchev–Trinajstić information content (AvgIpc) is 3.22. The fourth-order valence-electron chi connectivity index (χ4n) is 3.09. The van der Waals surface area contributed by atoms with Gasteiger partial charge in [0.25, 0.3) is 0 Å². The van der Waals surface area contributed by atoms with Crippen LogP contribution in [-0.4, -0.2) is 24.5 Å². The molecule has 110 valence electrons. The lowest BCUT2D eigenvalue weighted by molar-refractivity contribution is -0.121. The molecule has 0 aliphatic heterocycles. The Morgan fingerprint density at radius 1 is 1.11 bits per heavy atom. The zero-order chi connectivity index (χ0) is 13.5. The summed E-state index contributed by atoms with van der Waals surface area (Å²) in [5, 5.41) is 6.64. The van der Waals surface area contributed by atoms with Gasteiger partial charge in [-0.2, -0.15) is 0 Å². The highest BCUT2D eigenvalue weighted by molar-refractivity contribution is 5.78. The van der Waals surface area contributed by atoms with Gasteiger partial charge in [0.05, 0.1) is 6.54 Å². The van der Waals surface area contributed by atoms with E-state index in [0.717, 1.165) is 12.3 Å². The van der Waals surface area contributed by atoms with Crippen LogP contribution in [0.25, 0.3) is 0 Å². The van der Waals surface area contributed by atoms with Gasteiger partial charge in [0.2, 0.25) is 5.91 Å². The first-order chi connectivity index (χ1) is 9.28. The molecule has 2 fully saturated rings. The van der Waals surface area contributed by atoms with Crippen LogP contribution in [0.3, 0.4) is 0 Å². The summed E-state index contributed by atoms with van der Waals surface area (Å²) in [4.78, 5) is 12.0. The van der Waals surface area contributed by atoms with Gasteiger partial charge in [-0.1, -0.05) is 45.4 Å². The number of nitrogens with one attached hydrogen (secondary N) is 2. The van der Waals surface area contributed by atoms with E-state index < -0.39 is 0 Å². The molecule has 1 amide bonds. The van der Waals surface area contributed by atoms with Gasteiger partial charge in [0.15, 0.2) is 0 Å². The van der Waals surface area contributed by atoms with Gasteiger partial charge >= 0.3 is 0 Å². The molecule has 3 heteroatoms. The summed E-state index contributed by atoms with van der Waals surface area (Å²) >= 11 is 0. The van der Waals surface area contributed by atoms with Gasteiger partial charge in [0, 0.05) is 12.1 Å². The van der Waals surface area contributed by atoms with Crippen LogP contribution in [0.4, 0.5) is 0 Å². The van der Waals surface area contributed by atoms with Crippen molar-refractivity contribution in [3.05, 3.63) is 0 Å². The molecule has 19 heavy (non-hydrogen) atoms. The molecule has 1 atom stereocenters. The average molecular weight is 266 g/mol. The van der Waals surface area contributed by atoms with Crippen LogP contribution in [0.15, 0.2) is 0 Å². The topological polar surface area (TPSA) is 41.1 Å². The van der Waals surface area contributed by atoms with E-state index >= 15 is 0 Å². The Labute approximate surface area is 117 Å². The first-order valence-corrected chi connectivity index (χ1v) is 8.30. The van der Waals surface area contributed by atoms with Crippen LogP contribution in [0.1, 0.15) is 71.1 Å². The van der Waals surface area contributed by atoms with Crippen molar-refractivity contribution in [1.82, 2.24) is 10.6 Å². The number of rotatable bonds is 7. The quantitative estimate of drug-likeness (QED) is 0.696. The van der Waals surface area contributed by atoms with Crippen molar-refractivity contribution in [2.75, 3.05) is 6.54 Å². The normalized spacial score (nSPS) is 22.8. The Morgan fingerprint density at radius 3 is 2.37 bits per heavy atom. The largest absolute Gasteiger partial charge is 0.352 e. The Kier molecular flexibility index (Phi) is 6.15. The Hall–Kier alpha value is -0.570. The molecule has 3 nitrogen and oxygen atoms in total. The smallest absolute Gasteiger partial charge is 0.234 e. The van der Waals surface area contributed by atoms with E-state index in [1.807, 2.05) is 0 Å². The van der Waals surface area contributed by atoms with Crippen LogP contribution in [-0.2, 0) is 4.79 Å². The first-order valence-electron chi connectivity index (χ1n) is 8.30. The third-order valence-electron chi connectivity index (χ3n) is 4.58. The van der Waals surface area contributed by atoms with Crippen molar-refractivity contribution in [3.8, 4) is 0 Å². The summed E-state index contributed by atoms with van der Waals surface area (Å²) in [6.07, 6.45) is 12.7. The Bertz CT molecular complexity index is 268. The van der Waals surface area contributed by atoms with E-state index in [9.17, 15) is 4.79 Å². The third-order valence-corrected chi connectivity index (χ3v) is 4.58. The van der Waals surface area contributed by atoms with Crippen molar-refractivity contribution in [2.45, 2.75) is 83.2 Å². The SMILES string of the molecule is CCC(CC1CC1)NCC(=O)NC1CCCCCC1. The van der Waals surface area contributed by atoms with Gasteiger partial charge in [0.1, 0.15) is 0 Å². The summed E-state index contributed by atoms with van der Waals surface area (Å²) in [7, 11) is 0. The maximum atomic E-state index is 12.0. The van der Waals surface area contributed by atoms with Gasteiger partial charge in [-0.3, -0.25) is 4.79 Å². The zero-order valence-electron chi connectivity index (χ0n) is 12.4. The molecule has 2 aliphatic rings. The van der Waals surface area contributed by atoms with E-state index in [1.165, 1.54) is 57.8 Å². The Morgan fingerprint density at radius 2 is 1.79 bits per heavy atom. The van der Waals surface area contributed by atoms with E-state index in [1.54, 1.807) is 0 Å². The van der Waals surface area contributed by atoms with Crippen molar-refractivity contribution >= 4 is 5.91 Å². The lowest BCUT2D eigenvalue weighted by Gasteiger charge is -2.19. The molecule has 2 saturated carbocycles. The highest BCUT2D eigenvalue weighted by Crippen LogP contribution is 2.33. The molecule has 0 spiro atoms. The fourth-order valence-corrected chi connectivity index (χ4v) is 3.09. The second-order valence-electron chi connectivity index (χ2n) is 6.42. The minimum absolute atomic E-state index is 0.196. The number of carbonyl (C=O) groups excluding carboxylic acids is 1. The van der Waals surface area contributed by atoms with Crippen LogP contribution >= 0.6 is 0 Å². The molecule has 2 rings (SSSR count). The second kappa shape index (κ2) is 7.88. The molecule has 0 aromatic carbocycles. The van der Waals surface area contributed by atoms with Crippen molar-refractivity contribution in [3.63, 3.8) is 0 Å². The molecule has 0 aromatic rings. The molecule has 0 bridgehead atoms. The van der Waals surface area contributed by atoms with Crippen molar-refractivity contribution < 1.29 is 4.79 Å². The molecular weight excluding hydrogens is 236 g/mol. The van der Waals surface area contributed by atoms with Crippen LogP contribution in [0, 0.1) is 5.92 Å². The van der Waals surface area contributed by atoms with Gasteiger partial charge in [-0.05, 0) is 31.6 Å². The monoisotopic (exact) mass is 266 g/mol. The van der Waals surface area contributed by atoms with Gasteiger partial charge in [-0.15, -0.1) is 0 Å². The molecule has 0 aromatic heterocycles. The third kappa shape index (κ3) is 5.94. The summed E-state index contributed by atoms with van der Waals surface area (Å²) in [5.41, 5.74) is 0. The standard InChI is InChI=1S/C16H30N2O/c1-2-14(11-13-9-10-13)17-12-16(19)18-15-7-5-3-4-6-8-15/h13-15,17H,2-12H2,1H3,(H,18,19). The van der Waals surface area contributed by atoms with Crippen molar-refractivity contribution in [1.29, 1.82) is 0 Å². The molecule has 2 aliphatic carbocycles. The minimum atomic E-state index is 0.196. The van der Waals surface area contributed by atoms with E-state index in [4.69, 9.17) is 0 Å². The van der Waals surface area contributed by atoms with Crippen molar-refractivity contribution in [2.24, 2.45) is 5.92 Å². The Balaban J connectivity index is 1.61. The second-order valence-corrected chi connectivity index (χ2v) is 6.42. The molecule has 0 saturated heterocycles. The summed E-state index contributed by atoms with van der Waals surface area (Å²) in [5.74, 6) is 1.13. The van der Waals surface area contributed by atoms with Gasteiger partial charge < -0.3 is 10.6 Å². The lowest BCUT2D eigenvalue weighted by Crippen LogP contribution is -2.43. The molecule has 0 heterocycles. The number of hydrogen-bond donors (Lipinski definition) is 2. The predicted octanol–water partition coefficient (Wildman–Crippen LogP) is 2.99. The fraction of sp³-hybridized carbons (Fsp3) is 0.938. The first kappa shape index (κ1) is 14.8. The minimum Gasteiger partial charge on any atom is -0.352 e. The lowest BCUT2D eigenvalue weighted by atomic mass is 10.1. The number of amides is 1. The number of hydrogen-bond acceptors (Lipinski definition) is 2. The number of carbonyl (C=O) groups is 1. The van der Waals surface area contributed by atoms with E-state index in [0.29, 0.717) is 18.6 Å². The highest BCUT2D eigenvalue weighted by atomic mass is 16.1. The molecule has 1 unspecified atom stereocenters.